The monoisotopic (exact) mass is 213 g/mol. The molecule has 1 unspecified atom stereocenters. The highest BCUT2D eigenvalue weighted by Crippen LogP contribution is 2.31. The van der Waals surface area contributed by atoms with Crippen LogP contribution in [0.25, 0.3) is 0 Å². The average Bonchev–Trinajstić information content (AvgIpc) is 2.21. The maximum absolute atomic E-state index is 11.0. The molecular weight excluding hydrogens is 194 g/mol. The number of hydrogen-bond acceptors (Lipinski definition) is 2. The number of carbonyl (C=O) groups is 2. The molecule has 1 fully saturated rings. The first kappa shape index (κ1) is 12.0. The molecule has 0 spiro atoms. The van der Waals surface area contributed by atoms with Gasteiger partial charge in [0.25, 0.3) is 0 Å². The first-order valence-electron chi connectivity index (χ1n) is 5.61. The van der Waals surface area contributed by atoms with Gasteiger partial charge in [0, 0.05) is 6.04 Å². The summed E-state index contributed by atoms with van der Waals surface area (Å²) >= 11 is 0. The van der Waals surface area contributed by atoms with Gasteiger partial charge in [0.1, 0.15) is 0 Å². The molecule has 1 rings (SSSR count). The molecule has 0 bridgehead atoms. The summed E-state index contributed by atoms with van der Waals surface area (Å²) in [6.45, 7) is 1.93. The number of hydrogen-bond donors (Lipinski definition) is 2. The predicted molar refractivity (Wildman–Crippen MR) is 56.4 cm³/mol. The first-order chi connectivity index (χ1) is 7.19. The van der Waals surface area contributed by atoms with Crippen molar-refractivity contribution >= 4 is 12.4 Å². The SMILES string of the molecule is CCC(C(=O)O)C1CCC(NC=O)CC1. The van der Waals surface area contributed by atoms with E-state index < -0.39 is 5.97 Å². The molecule has 0 heterocycles. The van der Waals surface area contributed by atoms with E-state index in [-0.39, 0.29) is 17.9 Å². The number of nitrogens with one attached hydrogen (secondary N) is 1. The topological polar surface area (TPSA) is 66.4 Å². The standard InChI is InChI=1S/C11H19NO3/c1-2-10(11(14)15)8-3-5-9(6-4-8)12-7-13/h7-10H,2-6H2,1H3,(H,12,13)(H,14,15). The molecule has 2 N–H and O–H groups in total. The summed E-state index contributed by atoms with van der Waals surface area (Å²) in [7, 11) is 0. The van der Waals surface area contributed by atoms with Crippen molar-refractivity contribution in [3.63, 3.8) is 0 Å². The Bertz CT molecular complexity index is 222. The summed E-state index contributed by atoms with van der Waals surface area (Å²) in [6.07, 6.45) is 5.08. The first-order valence-corrected chi connectivity index (χ1v) is 5.61. The van der Waals surface area contributed by atoms with Crippen molar-refractivity contribution in [2.75, 3.05) is 0 Å². The minimum Gasteiger partial charge on any atom is -0.481 e. The van der Waals surface area contributed by atoms with E-state index in [0.29, 0.717) is 6.42 Å². The van der Waals surface area contributed by atoms with Crippen LogP contribution in [0, 0.1) is 11.8 Å². The molecule has 86 valence electrons. The van der Waals surface area contributed by atoms with Gasteiger partial charge in [0.2, 0.25) is 6.41 Å². The molecule has 0 aliphatic heterocycles. The van der Waals surface area contributed by atoms with Gasteiger partial charge in [-0.3, -0.25) is 9.59 Å². The maximum Gasteiger partial charge on any atom is 0.306 e. The van der Waals surface area contributed by atoms with E-state index in [1.165, 1.54) is 0 Å². The Morgan fingerprint density at radius 3 is 2.47 bits per heavy atom. The Morgan fingerprint density at radius 1 is 1.47 bits per heavy atom. The lowest BCUT2D eigenvalue weighted by Gasteiger charge is -2.31. The van der Waals surface area contributed by atoms with Gasteiger partial charge in [-0.1, -0.05) is 6.92 Å². The van der Waals surface area contributed by atoms with E-state index in [1.54, 1.807) is 0 Å². The Kier molecular flexibility index (Phi) is 4.59. The van der Waals surface area contributed by atoms with Crippen LogP contribution < -0.4 is 5.32 Å². The Morgan fingerprint density at radius 2 is 2.07 bits per heavy atom. The fourth-order valence-corrected chi connectivity index (χ4v) is 2.49. The summed E-state index contributed by atoms with van der Waals surface area (Å²) in [5, 5.41) is 11.8. The van der Waals surface area contributed by atoms with Gasteiger partial charge < -0.3 is 10.4 Å². The molecule has 4 nitrogen and oxygen atoms in total. The van der Waals surface area contributed by atoms with Crippen LogP contribution in [-0.2, 0) is 9.59 Å². The Hall–Kier alpha value is -1.06. The minimum atomic E-state index is -0.677. The lowest BCUT2D eigenvalue weighted by Crippen LogP contribution is -2.35. The molecule has 1 aliphatic rings. The quantitative estimate of drug-likeness (QED) is 0.678. The van der Waals surface area contributed by atoms with Crippen LogP contribution in [0.1, 0.15) is 39.0 Å². The number of carbonyl (C=O) groups excluding carboxylic acids is 1. The fraction of sp³-hybridized carbons (Fsp3) is 0.818. The number of aliphatic carboxylic acids is 1. The molecule has 15 heavy (non-hydrogen) atoms. The third-order valence-electron chi connectivity index (χ3n) is 3.40. The van der Waals surface area contributed by atoms with Crippen LogP contribution in [0.15, 0.2) is 0 Å². The van der Waals surface area contributed by atoms with Crippen LogP contribution in [0.5, 0.6) is 0 Å². The second-order valence-corrected chi connectivity index (χ2v) is 4.25. The van der Waals surface area contributed by atoms with Crippen molar-refractivity contribution in [2.24, 2.45) is 11.8 Å². The normalized spacial score (nSPS) is 28.1. The number of amides is 1. The van der Waals surface area contributed by atoms with Crippen LogP contribution >= 0.6 is 0 Å². The summed E-state index contributed by atoms with van der Waals surface area (Å²) in [6, 6.07) is 0.255. The van der Waals surface area contributed by atoms with Gasteiger partial charge in [-0.15, -0.1) is 0 Å². The van der Waals surface area contributed by atoms with Gasteiger partial charge >= 0.3 is 5.97 Å². The van der Waals surface area contributed by atoms with Gasteiger partial charge in [-0.25, -0.2) is 0 Å². The number of carboxylic acid groups (broad SMARTS) is 1. The lowest BCUT2D eigenvalue weighted by molar-refractivity contribution is -0.144. The molecule has 1 aliphatic carbocycles. The van der Waals surface area contributed by atoms with Gasteiger partial charge in [0.05, 0.1) is 5.92 Å². The maximum atomic E-state index is 11.0. The van der Waals surface area contributed by atoms with E-state index >= 15 is 0 Å². The second-order valence-electron chi connectivity index (χ2n) is 4.25. The fourth-order valence-electron chi connectivity index (χ4n) is 2.49. The zero-order valence-electron chi connectivity index (χ0n) is 9.11. The van der Waals surface area contributed by atoms with Gasteiger partial charge in [-0.2, -0.15) is 0 Å². The molecule has 4 heteroatoms. The van der Waals surface area contributed by atoms with E-state index in [4.69, 9.17) is 5.11 Å². The highest BCUT2D eigenvalue weighted by Gasteiger charge is 2.30. The molecule has 0 saturated heterocycles. The van der Waals surface area contributed by atoms with Crippen molar-refractivity contribution in [1.82, 2.24) is 5.32 Å². The third-order valence-corrected chi connectivity index (χ3v) is 3.40. The van der Waals surface area contributed by atoms with Crippen molar-refractivity contribution < 1.29 is 14.7 Å². The van der Waals surface area contributed by atoms with E-state index in [9.17, 15) is 9.59 Å². The van der Waals surface area contributed by atoms with E-state index in [0.717, 1.165) is 32.1 Å². The molecule has 0 radical (unpaired) electrons. The molecular formula is C11H19NO3. The Labute approximate surface area is 90.0 Å². The van der Waals surface area contributed by atoms with Crippen molar-refractivity contribution in [2.45, 2.75) is 45.1 Å². The minimum absolute atomic E-state index is 0.206. The number of rotatable bonds is 5. The van der Waals surface area contributed by atoms with Gasteiger partial charge in [0.15, 0.2) is 0 Å². The summed E-state index contributed by atoms with van der Waals surface area (Å²) in [4.78, 5) is 21.2. The molecule has 1 saturated carbocycles. The smallest absolute Gasteiger partial charge is 0.306 e. The van der Waals surface area contributed by atoms with Gasteiger partial charge in [-0.05, 0) is 38.0 Å². The van der Waals surface area contributed by atoms with Crippen LogP contribution in [0.3, 0.4) is 0 Å². The van der Waals surface area contributed by atoms with Crippen LogP contribution in [0.2, 0.25) is 0 Å². The second kappa shape index (κ2) is 5.73. The van der Waals surface area contributed by atoms with Crippen molar-refractivity contribution in [3.8, 4) is 0 Å². The zero-order chi connectivity index (χ0) is 11.3. The van der Waals surface area contributed by atoms with Crippen LogP contribution in [0.4, 0.5) is 0 Å². The molecule has 0 aromatic heterocycles. The Balaban J connectivity index is 2.41. The summed E-state index contributed by atoms with van der Waals surface area (Å²) < 4.78 is 0. The largest absolute Gasteiger partial charge is 0.481 e. The van der Waals surface area contributed by atoms with Crippen LogP contribution in [-0.4, -0.2) is 23.5 Å². The summed E-state index contributed by atoms with van der Waals surface area (Å²) in [5.41, 5.74) is 0. The zero-order valence-corrected chi connectivity index (χ0v) is 9.11. The molecule has 0 aromatic rings. The molecule has 1 atom stereocenters. The highest BCUT2D eigenvalue weighted by molar-refractivity contribution is 5.70. The average molecular weight is 213 g/mol. The number of carboxylic acids is 1. The molecule has 0 aromatic carbocycles. The lowest BCUT2D eigenvalue weighted by atomic mass is 9.77. The predicted octanol–water partition coefficient (Wildman–Crippen LogP) is 1.40. The van der Waals surface area contributed by atoms with E-state index in [2.05, 4.69) is 5.32 Å². The van der Waals surface area contributed by atoms with Crippen molar-refractivity contribution in [3.05, 3.63) is 0 Å². The summed E-state index contributed by atoms with van der Waals surface area (Å²) in [5.74, 6) is -0.594. The highest BCUT2D eigenvalue weighted by atomic mass is 16.4. The van der Waals surface area contributed by atoms with Crippen molar-refractivity contribution in [1.29, 1.82) is 0 Å². The third kappa shape index (κ3) is 3.22. The van der Waals surface area contributed by atoms with E-state index in [1.807, 2.05) is 6.92 Å². The molecule has 1 amide bonds.